The van der Waals surface area contributed by atoms with Crippen LogP contribution in [0, 0.1) is 17.0 Å². The van der Waals surface area contributed by atoms with Crippen molar-refractivity contribution in [3.05, 3.63) is 63.7 Å². The van der Waals surface area contributed by atoms with Crippen molar-refractivity contribution in [1.82, 2.24) is 4.90 Å². The van der Waals surface area contributed by atoms with Gasteiger partial charge in [-0.05, 0) is 43.3 Å². The van der Waals surface area contributed by atoms with Gasteiger partial charge in [-0.2, -0.15) is 0 Å². The SMILES string of the molecule is CCN1CCN(c2ccc(NC(=O)c3cccc([N+](=O)[O-])c3)c(C)c2)CC1. The lowest BCUT2D eigenvalue weighted by molar-refractivity contribution is -0.384. The monoisotopic (exact) mass is 368 g/mol. The predicted octanol–water partition coefficient (Wildman–Crippen LogP) is 3.30. The van der Waals surface area contributed by atoms with Crippen molar-refractivity contribution >= 4 is 23.0 Å². The molecule has 2 aromatic carbocycles. The van der Waals surface area contributed by atoms with Crippen LogP contribution in [-0.2, 0) is 0 Å². The minimum absolute atomic E-state index is 0.0964. The van der Waals surface area contributed by atoms with E-state index in [0.717, 1.165) is 44.0 Å². The fraction of sp³-hybridized carbons (Fsp3) is 0.350. The van der Waals surface area contributed by atoms with Gasteiger partial charge in [0.05, 0.1) is 4.92 Å². The number of amides is 1. The fourth-order valence-corrected chi connectivity index (χ4v) is 3.26. The fourth-order valence-electron chi connectivity index (χ4n) is 3.26. The number of nitro benzene ring substituents is 1. The number of benzene rings is 2. The van der Waals surface area contributed by atoms with Crippen molar-refractivity contribution in [3.8, 4) is 0 Å². The Morgan fingerprint density at radius 2 is 1.89 bits per heavy atom. The summed E-state index contributed by atoms with van der Waals surface area (Å²) in [6.07, 6.45) is 0. The van der Waals surface area contributed by atoms with Crippen LogP contribution in [-0.4, -0.2) is 48.5 Å². The van der Waals surface area contributed by atoms with E-state index in [1.165, 1.54) is 18.2 Å². The number of anilines is 2. The Labute approximate surface area is 158 Å². The molecule has 0 radical (unpaired) electrons. The number of hydrogen-bond donors (Lipinski definition) is 1. The van der Waals surface area contributed by atoms with Crippen LogP contribution in [0.2, 0.25) is 0 Å². The number of carbonyl (C=O) groups excluding carboxylic acids is 1. The van der Waals surface area contributed by atoms with Gasteiger partial charge in [0.1, 0.15) is 0 Å². The largest absolute Gasteiger partial charge is 0.369 e. The van der Waals surface area contributed by atoms with E-state index in [1.807, 2.05) is 19.1 Å². The van der Waals surface area contributed by atoms with Gasteiger partial charge in [0, 0.05) is 55.2 Å². The molecule has 0 saturated carbocycles. The number of rotatable bonds is 5. The van der Waals surface area contributed by atoms with E-state index >= 15 is 0 Å². The molecular formula is C20H24N4O3. The zero-order chi connectivity index (χ0) is 19.4. The molecule has 7 heteroatoms. The normalized spacial score (nSPS) is 14.8. The van der Waals surface area contributed by atoms with Gasteiger partial charge in [-0.1, -0.05) is 13.0 Å². The van der Waals surface area contributed by atoms with Crippen molar-refractivity contribution in [3.63, 3.8) is 0 Å². The van der Waals surface area contributed by atoms with Crippen LogP contribution >= 0.6 is 0 Å². The number of hydrogen-bond acceptors (Lipinski definition) is 5. The number of nitrogens with one attached hydrogen (secondary N) is 1. The molecule has 7 nitrogen and oxygen atoms in total. The Morgan fingerprint density at radius 3 is 2.52 bits per heavy atom. The average Bonchev–Trinajstić information content (AvgIpc) is 2.69. The van der Waals surface area contributed by atoms with E-state index in [-0.39, 0.29) is 17.2 Å². The highest BCUT2D eigenvalue weighted by molar-refractivity contribution is 6.05. The van der Waals surface area contributed by atoms with Crippen LogP contribution < -0.4 is 10.2 Å². The molecule has 142 valence electrons. The van der Waals surface area contributed by atoms with Gasteiger partial charge in [-0.3, -0.25) is 14.9 Å². The van der Waals surface area contributed by atoms with Crippen LogP contribution in [0.15, 0.2) is 42.5 Å². The topological polar surface area (TPSA) is 78.7 Å². The Kier molecular flexibility index (Phi) is 5.71. The summed E-state index contributed by atoms with van der Waals surface area (Å²) in [5, 5.41) is 13.7. The summed E-state index contributed by atoms with van der Waals surface area (Å²) in [5.74, 6) is -0.355. The van der Waals surface area contributed by atoms with Crippen LogP contribution in [0.5, 0.6) is 0 Å². The smallest absolute Gasteiger partial charge is 0.270 e. The maximum Gasteiger partial charge on any atom is 0.270 e. The molecule has 1 N–H and O–H groups in total. The van der Waals surface area contributed by atoms with E-state index in [1.54, 1.807) is 6.07 Å². The van der Waals surface area contributed by atoms with Gasteiger partial charge in [-0.15, -0.1) is 0 Å². The third kappa shape index (κ3) is 4.43. The number of non-ortho nitro benzene ring substituents is 1. The molecule has 1 amide bonds. The van der Waals surface area contributed by atoms with Crippen LogP contribution in [0.1, 0.15) is 22.8 Å². The highest BCUT2D eigenvalue weighted by Crippen LogP contribution is 2.24. The maximum absolute atomic E-state index is 12.4. The van der Waals surface area contributed by atoms with Gasteiger partial charge in [-0.25, -0.2) is 0 Å². The lowest BCUT2D eigenvalue weighted by Gasteiger charge is -2.35. The summed E-state index contributed by atoms with van der Waals surface area (Å²) in [6, 6.07) is 11.7. The van der Waals surface area contributed by atoms with Gasteiger partial charge < -0.3 is 15.1 Å². The second kappa shape index (κ2) is 8.18. The van der Waals surface area contributed by atoms with Crippen molar-refractivity contribution in [2.24, 2.45) is 0 Å². The second-order valence-electron chi connectivity index (χ2n) is 6.68. The zero-order valence-corrected chi connectivity index (χ0v) is 15.6. The molecule has 0 bridgehead atoms. The average molecular weight is 368 g/mol. The van der Waals surface area contributed by atoms with E-state index < -0.39 is 4.92 Å². The summed E-state index contributed by atoms with van der Waals surface area (Å²) in [6.45, 7) is 9.31. The minimum atomic E-state index is -0.505. The van der Waals surface area contributed by atoms with Crippen LogP contribution in [0.4, 0.5) is 17.1 Å². The number of carbonyl (C=O) groups is 1. The molecule has 0 unspecified atom stereocenters. The predicted molar refractivity (Wildman–Crippen MR) is 107 cm³/mol. The highest BCUT2D eigenvalue weighted by atomic mass is 16.6. The lowest BCUT2D eigenvalue weighted by atomic mass is 10.1. The number of aryl methyl sites for hydroxylation is 1. The standard InChI is InChI=1S/C20H24N4O3/c1-3-22-9-11-23(12-10-22)17-7-8-19(15(2)13-17)21-20(25)16-5-4-6-18(14-16)24(26)27/h4-8,13-14H,3,9-12H2,1-2H3,(H,21,25). The molecule has 0 spiro atoms. The Balaban J connectivity index is 1.70. The molecule has 1 saturated heterocycles. The first-order valence-electron chi connectivity index (χ1n) is 9.11. The number of piperazine rings is 1. The molecule has 1 fully saturated rings. The Hall–Kier alpha value is -2.93. The van der Waals surface area contributed by atoms with E-state index in [0.29, 0.717) is 5.69 Å². The van der Waals surface area contributed by atoms with Crippen molar-refractivity contribution in [2.75, 3.05) is 42.9 Å². The van der Waals surface area contributed by atoms with Crippen molar-refractivity contribution < 1.29 is 9.72 Å². The second-order valence-corrected chi connectivity index (χ2v) is 6.68. The quantitative estimate of drug-likeness (QED) is 0.647. The summed E-state index contributed by atoms with van der Waals surface area (Å²) in [4.78, 5) is 27.6. The summed E-state index contributed by atoms with van der Waals surface area (Å²) < 4.78 is 0. The third-order valence-corrected chi connectivity index (χ3v) is 4.96. The molecule has 2 aromatic rings. The van der Waals surface area contributed by atoms with Gasteiger partial charge in [0.25, 0.3) is 11.6 Å². The van der Waals surface area contributed by atoms with Gasteiger partial charge in [0.2, 0.25) is 0 Å². The molecule has 1 heterocycles. The molecule has 0 atom stereocenters. The van der Waals surface area contributed by atoms with E-state index in [4.69, 9.17) is 0 Å². The molecule has 0 aromatic heterocycles. The zero-order valence-electron chi connectivity index (χ0n) is 15.6. The molecule has 27 heavy (non-hydrogen) atoms. The van der Waals surface area contributed by atoms with E-state index in [9.17, 15) is 14.9 Å². The van der Waals surface area contributed by atoms with Gasteiger partial charge in [0.15, 0.2) is 0 Å². The van der Waals surface area contributed by atoms with Gasteiger partial charge >= 0.3 is 0 Å². The first-order valence-corrected chi connectivity index (χ1v) is 9.11. The van der Waals surface area contributed by atoms with Crippen molar-refractivity contribution in [1.29, 1.82) is 0 Å². The summed E-state index contributed by atoms with van der Waals surface area (Å²) in [5.41, 5.74) is 2.99. The first-order chi connectivity index (χ1) is 13.0. The van der Waals surface area contributed by atoms with Crippen LogP contribution in [0.3, 0.4) is 0 Å². The minimum Gasteiger partial charge on any atom is -0.369 e. The molecule has 0 aliphatic carbocycles. The molecule has 3 rings (SSSR count). The maximum atomic E-state index is 12.4. The number of nitro groups is 1. The molecular weight excluding hydrogens is 344 g/mol. The van der Waals surface area contributed by atoms with E-state index in [2.05, 4.69) is 28.1 Å². The number of nitrogens with zero attached hydrogens (tertiary/aromatic N) is 3. The molecule has 1 aliphatic heterocycles. The van der Waals surface area contributed by atoms with Crippen molar-refractivity contribution in [2.45, 2.75) is 13.8 Å². The summed E-state index contributed by atoms with van der Waals surface area (Å²) in [7, 11) is 0. The van der Waals surface area contributed by atoms with Crippen LogP contribution in [0.25, 0.3) is 0 Å². The first kappa shape index (κ1) is 18.8. The number of likely N-dealkylation sites (N-methyl/N-ethyl adjacent to an activating group) is 1. The Bertz CT molecular complexity index is 845. The Morgan fingerprint density at radius 1 is 1.15 bits per heavy atom. The summed E-state index contributed by atoms with van der Waals surface area (Å²) >= 11 is 0. The lowest BCUT2D eigenvalue weighted by Crippen LogP contribution is -2.46. The highest BCUT2D eigenvalue weighted by Gasteiger charge is 2.17. The molecule has 1 aliphatic rings. The third-order valence-electron chi connectivity index (χ3n) is 4.96.